The summed E-state index contributed by atoms with van der Waals surface area (Å²) in [6.45, 7) is 3.18. The largest absolute Gasteiger partial charge is 0.395 e. The van der Waals surface area contributed by atoms with E-state index in [4.69, 9.17) is 10.8 Å². The van der Waals surface area contributed by atoms with Crippen molar-refractivity contribution >= 4 is 17.3 Å². The molecule has 7 heteroatoms. The minimum atomic E-state index is -0.608. The van der Waals surface area contributed by atoms with Crippen molar-refractivity contribution in [2.45, 2.75) is 12.8 Å². The van der Waals surface area contributed by atoms with Gasteiger partial charge in [0.05, 0.1) is 6.61 Å². The van der Waals surface area contributed by atoms with Gasteiger partial charge in [-0.25, -0.2) is 4.98 Å². The summed E-state index contributed by atoms with van der Waals surface area (Å²) >= 11 is 0. The fraction of sp³-hybridized carbons (Fsp3) is 0.259. The minimum absolute atomic E-state index is 0.0760. The first-order chi connectivity index (χ1) is 16.5. The van der Waals surface area contributed by atoms with E-state index in [2.05, 4.69) is 21.3 Å². The number of nitrogens with two attached hydrogens (primary N) is 1. The van der Waals surface area contributed by atoms with Gasteiger partial charge < -0.3 is 16.2 Å². The number of β-amino-alcohol motifs (C(OH)–C–C–N with tert-alkyl or cyclic N) is 1. The number of nitrogen functional groups attached to an aromatic ring is 1. The van der Waals surface area contributed by atoms with Gasteiger partial charge in [0, 0.05) is 42.9 Å². The van der Waals surface area contributed by atoms with E-state index in [1.807, 2.05) is 36.4 Å². The standard InChI is InChI=1S/C27H27FN4O2/c28-25-23(19-3-1-17(2-4-19)18-8-11-32(12-9-18)13-14-33)16-24(26(29)31-25)20-5-6-22-21(15-20)7-10-30-27(22)34/h1-6,8,15-16,33H,7,9-14H2,(H2,29,31)(H,30,34). The minimum Gasteiger partial charge on any atom is -0.395 e. The first-order valence-corrected chi connectivity index (χ1v) is 11.5. The molecule has 2 aromatic carbocycles. The highest BCUT2D eigenvalue weighted by Crippen LogP contribution is 2.34. The molecule has 0 aliphatic carbocycles. The summed E-state index contributed by atoms with van der Waals surface area (Å²) in [6, 6.07) is 15.1. The van der Waals surface area contributed by atoms with Gasteiger partial charge in [0.25, 0.3) is 5.91 Å². The van der Waals surface area contributed by atoms with Crippen LogP contribution in [0.15, 0.2) is 54.6 Å². The van der Waals surface area contributed by atoms with Crippen LogP contribution in [0.2, 0.25) is 0 Å². The Balaban J connectivity index is 1.44. The molecule has 0 saturated heterocycles. The number of hydrogen-bond donors (Lipinski definition) is 3. The Kier molecular flexibility index (Phi) is 6.13. The molecule has 5 rings (SSSR count). The van der Waals surface area contributed by atoms with Crippen LogP contribution in [0.3, 0.4) is 0 Å². The third-order valence-corrected chi connectivity index (χ3v) is 6.62. The average Bonchev–Trinajstić information content (AvgIpc) is 2.85. The number of aromatic nitrogens is 1. The number of rotatable bonds is 5. The van der Waals surface area contributed by atoms with Gasteiger partial charge in [0.2, 0.25) is 5.95 Å². The lowest BCUT2D eigenvalue weighted by Crippen LogP contribution is -2.31. The number of amides is 1. The van der Waals surface area contributed by atoms with Crippen LogP contribution in [0.1, 0.15) is 27.9 Å². The van der Waals surface area contributed by atoms with Crippen LogP contribution >= 0.6 is 0 Å². The second-order valence-electron chi connectivity index (χ2n) is 8.72. The molecule has 2 aliphatic rings. The predicted molar refractivity (Wildman–Crippen MR) is 132 cm³/mol. The highest BCUT2D eigenvalue weighted by molar-refractivity contribution is 5.97. The van der Waals surface area contributed by atoms with Gasteiger partial charge >= 0.3 is 0 Å². The van der Waals surface area contributed by atoms with E-state index in [0.717, 1.165) is 48.2 Å². The SMILES string of the molecule is Nc1nc(F)c(-c2ccc(C3=CCN(CCO)CC3)cc2)cc1-c1ccc2c(c1)CCNC2=O. The Morgan fingerprint density at radius 2 is 1.76 bits per heavy atom. The van der Waals surface area contributed by atoms with Gasteiger partial charge in [-0.2, -0.15) is 4.39 Å². The zero-order valence-corrected chi connectivity index (χ0v) is 18.9. The highest BCUT2D eigenvalue weighted by Gasteiger charge is 2.19. The Hall–Kier alpha value is -3.55. The first kappa shape index (κ1) is 22.3. The van der Waals surface area contributed by atoms with Crippen molar-refractivity contribution in [1.29, 1.82) is 0 Å². The summed E-state index contributed by atoms with van der Waals surface area (Å²) in [5, 5.41) is 12.0. The van der Waals surface area contributed by atoms with Gasteiger partial charge in [0.15, 0.2) is 0 Å². The van der Waals surface area contributed by atoms with E-state index < -0.39 is 5.95 Å². The molecule has 0 bridgehead atoms. The van der Waals surface area contributed by atoms with E-state index in [0.29, 0.717) is 29.8 Å². The molecule has 0 fully saturated rings. The van der Waals surface area contributed by atoms with Gasteiger partial charge in [-0.05, 0) is 52.8 Å². The van der Waals surface area contributed by atoms with Crippen LogP contribution in [0, 0.1) is 5.95 Å². The van der Waals surface area contributed by atoms with Gasteiger partial charge in [-0.3, -0.25) is 9.69 Å². The van der Waals surface area contributed by atoms with Gasteiger partial charge in [0.1, 0.15) is 5.82 Å². The Bertz CT molecular complexity index is 1270. The van der Waals surface area contributed by atoms with Crippen LogP contribution in [0.5, 0.6) is 0 Å². The maximum absolute atomic E-state index is 14.8. The molecule has 4 N–H and O–H groups in total. The first-order valence-electron chi connectivity index (χ1n) is 11.5. The van der Waals surface area contributed by atoms with Crippen LogP contribution in [0.4, 0.5) is 10.2 Å². The summed E-state index contributed by atoms with van der Waals surface area (Å²) in [5.74, 6) is -0.561. The van der Waals surface area contributed by atoms with Crippen molar-refractivity contribution < 1.29 is 14.3 Å². The summed E-state index contributed by atoms with van der Waals surface area (Å²) in [5.41, 5.74) is 12.7. The van der Waals surface area contributed by atoms with E-state index in [1.54, 1.807) is 12.1 Å². The van der Waals surface area contributed by atoms with Crippen LogP contribution in [-0.4, -0.2) is 53.7 Å². The van der Waals surface area contributed by atoms with Crippen LogP contribution < -0.4 is 11.1 Å². The zero-order chi connectivity index (χ0) is 23.7. The summed E-state index contributed by atoms with van der Waals surface area (Å²) in [4.78, 5) is 18.3. The molecule has 3 heterocycles. The topological polar surface area (TPSA) is 91.5 Å². The average molecular weight is 459 g/mol. The highest BCUT2D eigenvalue weighted by atomic mass is 19.1. The third kappa shape index (κ3) is 4.32. The monoisotopic (exact) mass is 458 g/mol. The number of benzene rings is 2. The van der Waals surface area contributed by atoms with Crippen molar-refractivity contribution in [2.24, 2.45) is 0 Å². The summed E-state index contributed by atoms with van der Waals surface area (Å²) in [7, 11) is 0. The van der Waals surface area contributed by atoms with Crippen molar-refractivity contribution in [3.8, 4) is 22.3 Å². The van der Waals surface area contributed by atoms with E-state index in [-0.39, 0.29) is 18.3 Å². The molecular formula is C27H27FN4O2. The lowest BCUT2D eigenvalue weighted by Gasteiger charge is -2.25. The van der Waals surface area contributed by atoms with Crippen molar-refractivity contribution in [1.82, 2.24) is 15.2 Å². The number of carbonyl (C=O) groups is 1. The normalized spacial score (nSPS) is 16.1. The van der Waals surface area contributed by atoms with Crippen LogP contribution in [0.25, 0.3) is 27.8 Å². The number of pyridine rings is 1. The predicted octanol–water partition coefficient (Wildman–Crippen LogP) is 3.50. The lowest BCUT2D eigenvalue weighted by atomic mass is 9.93. The fourth-order valence-corrected chi connectivity index (χ4v) is 4.71. The maximum atomic E-state index is 14.8. The van der Waals surface area contributed by atoms with E-state index in [1.165, 1.54) is 5.57 Å². The number of nitrogens with one attached hydrogen (secondary N) is 1. The van der Waals surface area contributed by atoms with E-state index >= 15 is 0 Å². The zero-order valence-electron chi connectivity index (χ0n) is 18.9. The molecule has 0 spiro atoms. The molecule has 1 amide bonds. The quantitative estimate of drug-likeness (QED) is 0.509. The molecule has 0 atom stereocenters. The number of carbonyl (C=O) groups excluding carboxylic acids is 1. The van der Waals surface area contributed by atoms with Crippen molar-refractivity contribution in [3.63, 3.8) is 0 Å². The smallest absolute Gasteiger partial charge is 0.251 e. The molecule has 34 heavy (non-hydrogen) atoms. The number of aliphatic hydroxyl groups is 1. The number of fused-ring (bicyclic) bond motifs is 1. The third-order valence-electron chi connectivity index (χ3n) is 6.62. The number of hydrogen-bond acceptors (Lipinski definition) is 5. The van der Waals surface area contributed by atoms with Crippen molar-refractivity contribution in [2.75, 3.05) is 38.5 Å². The van der Waals surface area contributed by atoms with Gasteiger partial charge in [-0.1, -0.05) is 42.5 Å². The molecule has 0 unspecified atom stereocenters. The Labute approximate surface area is 197 Å². The summed E-state index contributed by atoms with van der Waals surface area (Å²) in [6.07, 6.45) is 3.84. The van der Waals surface area contributed by atoms with E-state index in [9.17, 15) is 9.18 Å². The lowest BCUT2D eigenvalue weighted by molar-refractivity contribution is 0.0946. The Morgan fingerprint density at radius 1 is 1.00 bits per heavy atom. The maximum Gasteiger partial charge on any atom is 0.251 e. The Morgan fingerprint density at radius 3 is 2.50 bits per heavy atom. The second-order valence-corrected chi connectivity index (χ2v) is 8.72. The molecule has 3 aromatic rings. The molecule has 1 aromatic heterocycles. The molecule has 6 nitrogen and oxygen atoms in total. The summed E-state index contributed by atoms with van der Waals surface area (Å²) < 4.78 is 14.8. The molecule has 0 radical (unpaired) electrons. The molecule has 174 valence electrons. The van der Waals surface area contributed by atoms with Crippen LogP contribution in [-0.2, 0) is 6.42 Å². The number of halogens is 1. The number of aliphatic hydroxyl groups excluding tert-OH is 1. The fourth-order valence-electron chi connectivity index (χ4n) is 4.71. The molecular weight excluding hydrogens is 431 g/mol. The molecule has 0 saturated carbocycles. The number of anilines is 1. The van der Waals surface area contributed by atoms with Crippen molar-refractivity contribution in [3.05, 3.63) is 77.2 Å². The van der Waals surface area contributed by atoms with Gasteiger partial charge in [-0.15, -0.1) is 0 Å². The second kappa shape index (κ2) is 9.37. The number of nitrogens with zero attached hydrogens (tertiary/aromatic N) is 2. The molecule has 2 aliphatic heterocycles.